The first-order valence-corrected chi connectivity index (χ1v) is 20.4. The fourth-order valence-electron chi connectivity index (χ4n) is 8.64. The van der Waals surface area contributed by atoms with Crippen LogP contribution in [0.15, 0.2) is 60.7 Å². The number of carbonyl (C=O) groups is 5. The molecular weight excluding hydrogens is 813 g/mol. The standard InChI is InChI=1S/C45H46N8O10/c1-6-46-43(58)41-49-48-40(30-17-29(23(2)3)34(54)18-35(30)55)52(41)27-11-10-25-20-50(21-26(25)16-27)19-24-14-36(62-4)39(37(15-24)63-5)53(45(60)61)32-9-7-8-28-31(32)22-51(44(28)59)33-12-13-38(56)47-42(33)57/h7-11,14-18,23,33,54-55H,6,12-13,19-22H2,1-5H3,(H,46,58)(H,60,61)(H,47,56,57). The van der Waals surface area contributed by atoms with E-state index < -0.39 is 35.8 Å². The van der Waals surface area contributed by atoms with E-state index in [1.54, 1.807) is 47.9 Å². The number of fused-ring (bicyclic) bond motifs is 2. The summed E-state index contributed by atoms with van der Waals surface area (Å²) in [7, 11) is 2.85. The van der Waals surface area contributed by atoms with E-state index in [0.717, 1.165) is 21.6 Å². The van der Waals surface area contributed by atoms with Crippen molar-refractivity contribution in [3.8, 4) is 40.1 Å². The van der Waals surface area contributed by atoms with Crippen LogP contribution < -0.4 is 25.0 Å². The molecule has 8 rings (SSSR count). The molecule has 3 aliphatic rings. The van der Waals surface area contributed by atoms with Crippen molar-refractivity contribution in [1.29, 1.82) is 0 Å². The molecule has 5 N–H and O–H groups in total. The quantitative estimate of drug-likeness (QED) is 0.100. The van der Waals surface area contributed by atoms with Crippen LogP contribution >= 0.6 is 0 Å². The number of hydrogen-bond donors (Lipinski definition) is 5. The summed E-state index contributed by atoms with van der Waals surface area (Å²) in [6.45, 7) is 7.40. The number of rotatable bonds is 12. The van der Waals surface area contributed by atoms with Crippen LogP contribution in [0.3, 0.4) is 0 Å². The average molecular weight is 859 g/mol. The number of imide groups is 1. The van der Waals surface area contributed by atoms with Gasteiger partial charge in [0.15, 0.2) is 5.82 Å². The summed E-state index contributed by atoms with van der Waals surface area (Å²) >= 11 is 0. The first-order valence-electron chi connectivity index (χ1n) is 20.4. The minimum atomic E-state index is -1.36. The third kappa shape index (κ3) is 7.62. The number of ether oxygens (including phenoxy) is 2. The molecule has 18 nitrogen and oxygen atoms in total. The Morgan fingerprint density at radius 1 is 0.921 bits per heavy atom. The second-order valence-corrected chi connectivity index (χ2v) is 15.9. The molecular formula is C45H46N8O10. The van der Waals surface area contributed by atoms with Gasteiger partial charge in [0.25, 0.3) is 11.8 Å². The van der Waals surface area contributed by atoms with Crippen molar-refractivity contribution in [2.24, 2.45) is 0 Å². The van der Waals surface area contributed by atoms with Crippen molar-refractivity contribution in [2.45, 2.75) is 71.8 Å². The maximum absolute atomic E-state index is 13.6. The monoisotopic (exact) mass is 858 g/mol. The number of aromatic nitrogens is 3. The van der Waals surface area contributed by atoms with E-state index in [1.165, 1.54) is 25.2 Å². The Labute approximate surface area is 361 Å². The normalized spacial score (nSPS) is 15.9. The number of aromatic hydroxyl groups is 2. The first-order chi connectivity index (χ1) is 30.2. The molecule has 63 heavy (non-hydrogen) atoms. The number of phenols is 2. The molecule has 1 aromatic heterocycles. The number of hydrogen-bond acceptors (Lipinski definition) is 12. The van der Waals surface area contributed by atoms with Gasteiger partial charge < -0.3 is 35.0 Å². The van der Waals surface area contributed by atoms with E-state index >= 15 is 0 Å². The lowest BCUT2D eigenvalue weighted by molar-refractivity contribution is -0.136. The Morgan fingerprint density at radius 2 is 1.65 bits per heavy atom. The van der Waals surface area contributed by atoms with Crippen LogP contribution in [0.1, 0.15) is 88.3 Å². The predicted octanol–water partition coefficient (Wildman–Crippen LogP) is 5.33. The van der Waals surface area contributed by atoms with Crippen molar-refractivity contribution in [3.05, 3.63) is 99.9 Å². The second kappa shape index (κ2) is 16.8. The van der Waals surface area contributed by atoms with E-state index in [0.29, 0.717) is 48.6 Å². The second-order valence-electron chi connectivity index (χ2n) is 15.9. The van der Waals surface area contributed by atoms with Crippen LogP contribution in [0.25, 0.3) is 17.1 Å². The van der Waals surface area contributed by atoms with Crippen molar-refractivity contribution < 1.29 is 48.8 Å². The SMILES string of the molecule is CCNC(=O)c1nnc(-c2cc(C(C)C)c(O)cc2O)n1-c1ccc2c(c1)CN(Cc1cc(OC)c(N(C(=O)O)c3cccc4c3CN(C3CCC(=O)NC3=O)C4=O)c(OC)c1)C2. The number of benzene rings is 4. The summed E-state index contributed by atoms with van der Waals surface area (Å²) in [5.74, 6) is -1.59. The van der Waals surface area contributed by atoms with Gasteiger partial charge in [-0.15, -0.1) is 10.2 Å². The number of nitrogens with zero attached hydrogens (tertiary/aromatic N) is 6. The molecule has 3 aliphatic heterocycles. The van der Waals surface area contributed by atoms with E-state index in [4.69, 9.17) is 9.47 Å². The number of methoxy groups -OCH3 is 2. The molecule has 0 saturated carbocycles. The number of carbonyl (C=O) groups excluding carboxylic acids is 4. The topological polar surface area (TPSA) is 229 Å². The van der Waals surface area contributed by atoms with Gasteiger partial charge in [-0.05, 0) is 84.0 Å². The van der Waals surface area contributed by atoms with Gasteiger partial charge in [0.1, 0.15) is 34.7 Å². The van der Waals surface area contributed by atoms with Gasteiger partial charge in [-0.3, -0.25) is 34.0 Å². The molecule has 4 aromatic carbocycles. The van der Waals surface area contributed by atoms with Gasteiger partial charge in [0, 0.05) is 62.0 Å². The summed E-state index contributed by atoms with van der Waals surface area (Å²) in [6, 6.07) is 16.0. The summed E-state index contributed by atoms with van der Waals surface area (Å²) in [5, 5.41) is 45.9. The first kappa shape index (κ1) is 42.2. The van der Waals surface area contributed by atoms with Crippen LogP contribution in [-0.4, -0.2) is 96.4 Å². The molecule has 4 heterocycles. The van der Waals surface area contributed by atoms with Crippen LogP contribution in [0, 0.1) is 0 Å². The molecule has 1 atom stereocenters. The van der Waals surface area contributed by atoms with Crippen molar-refractivity contribution in [2.75, 3.05) is 25.7 Å². The number of phenolic OH excluding ortho intramolecular Hbond substituents is 2. The number of piperidine rings is 1. The molecule has 5 aromatic rings. The van der Waals surface area contributed by atoms with E-state index in [-0.39, 0.29) is 76.9 Å². The largest absolute Gasteiger partial charge is 0.508 e. The zero-order valence-electron chi connectivity index (χ0n) is 35.3. The summed E-state index contributed by atoms with van der Waals surface area (Å²) in [5.41, 5.74) is 5.17. The highest BCUT2D eigenvalue weighted by atomic mass is 16.5. The fourth-order valence-corrected chi connectivity index (χ4v) is 8.64. The van der Waals surface area contributed by atoms with Crippen molar-refractivity contribution in [3.63, 3.8) is 0 Å². The Morgan fingerprint density at radius 3 is 2.32 bits per heavy atom. The van der Waals surface area contributed by atoms with Gasteiger partial charge in [-0.25, -0.2) is 9.69 Å². The summed E-state index contributed by atoms with van der Waals surface area (Å²) in [4.78, 5) is 69.2. The van der Waals surface area contributed by atoms with E-state index in [1.807, 2.05) is 32.0 Å². The lowest BCUT2D eigenvalue weighted by atomic mass is 9.98. The zero-order chi connectivity index (χ0) is 44.9. The third-order valence-electron chi connectivity index (χ3n) is 11.6. The molecule has 1 unspecified atom stereocenters. The summed E-state index contributed by atoms with van der Waals surface area (Å²) < 4.78 is 13.3. The Kier molecular flexibility index (Phi) is 11.2. The number of carboxylic acid groups (broad SMARTS) is 1. The molecule has 0 radical (unpaired) electrons. The van der Waals surface area contributed by atoms with Crippen LogP contribution in [0.5, 0.6) is 23.0 Å². The maximum Gasteiger partial charge on any atom is 0.416 e. The average Bonchev–Trinajstić information content (AvgIpc) is 3.96. The molecule has 0 aliphatic carbocycles. The Bertz CT molecular complexity index is 2690. The number of anilines is 2. The van der Waals surface area contributed by atoms with Crippen molar-refractivity contribution >= 4 is 41.1 Å². The lowest BCUT2D eigenvalue weighted by Gasteiger charge is -2.30. The van der Waals surface area contributed by atoms with E-state index in [9.17, 15) is 39.3 Å². The summed E-state index contributed by atoms with van der Waals surface area (Å²) in [6.07, 6.45) is -1.13. The molecule has 326 valence electrons. The zero-order valence-corrected chi connectivity index (χ0v) is 35.3. The predicted molar refractivity (Wildman–Crippen MR) is 227 cm³/mol. The van der Waals surface area contributed by atoms with Crippen LogP contribution in [0.2, 0.25) is 0 Å². The highest BCUT2D eigenvalue weighted by Crippen LogP contribution is 2.46. The Hall–Kier alpha value is -7.47. The van der Waals surface area contributed by atoms with Gasteiger partial charge in [-0.2, -0.15) is 0 Å². The van der Waals surface area contributed by atoms with Crippen molar-refractivity contribution in [1.82, 2.24) is 35.2 Å². The molecule has 18 heteroatoms. The highest BCUT2D eigenvalue weighted by Gasteiger charge is 2.41. The van der Waals surface area contributed by atoms with Crippen LogP contribution in [-0.2, 0) is 35.8 Å². The number of nitrogens with one attached hydrogen (secondary N) is 2. The Balaban J connectivity index is 1.09. The molecule has 1 fully saturated rings. The minimum Gasteiger partial charge on any atom is -0.508 e. The fraction of sp³-hybridized carbons (Fsp3) is 0.311. The minimum absolute atomic E-state index is 0.0219. The van der Waals surface area contributed by atoms with Gasteiger partial charge in [-0.1, -0.05) is 26.0 Å². The molecule has 1 saturated heterocycles. The lowest BCUT2D eigenvalue weighted by Crippen LogP contribution is -2.52. The smallest absolute Gasteiger partial charge is 0.416 e. The number of amides is 5. The van der Waals surface area contributed by atoms with Crippen LogP contribution in [0.4, 0.5) is 16.2 Å². The molecule has 0 spiro atoms. The highest BCUT2D eigenvalue weighted by molar-refractivity contribution is 6.08. The van der Waals surface area contributed by atoms with Gasteiger partial charge >= 0.3 is 6.09 Å². The van der Waals surface area contributed by atoms with E-state index in [2.05, 4.69) is 25.7 Å². The molecule has 0 bridgehead atoms. The molecule has 5 amide bonds. The van der Waals surface area contributed by atoms with Gasteiger partial charge in [0.05, 0.1) is 25.5 Å². The maximum atomic E-state index is 13.6. The van der Waals surface area contributed by atoms with Gasteiger partial charge in [0.2, 0.25) is 17.6 Å². The third-order valence-corrected chi connectivity index (χ3v) is 11.6.